The molecular weight excluding hydrogens is 531 g/mol. The van der Waals surface area contributed by atoms with Crippen LogP contribution in [-0.4, -0.2) is 14.5 Å². The molecule has 0 aliphatic rings. The van der Waals surface area contributed by atoms with Gasteiger partial charge in [-0.15, -0.1) is 11.3 Å². The molecule has 0 amide bonds. The molecule has 0 bridgehead atoms. The Hall–Kier alpha value is -5.32. The van der Waals surface area contributed by atoms with E-state index in [1.807, 2.05) is 11.3 Å². The number of nitrogens with zero attached hydrogens (tertiary/aromatic N) is 3. The van der Waals surface area contributed by atoms with Crippen molar-refractivity contribution in [1.82, 2.24) is 14.5 Å². The molecule has 10 aromatic rings. The topological polar surface area (TPSA) is 30.7 Å². The van der Waals surface area contributed by atoms with Gasteiger partial charge in [0, 0.05) is 41.9 Å². The lowest BCUT2D eigenvalue weighted by Gasteiger charge is -2.14. The van der Waals surface area contributed by atoms with Crippen LogP contribution < -0.4 is 0 Å². The average Bonchev–Trinajstić information content (AvgIpc) is 3.60. The second kappa shape index (κ2) is 8.12. The summed E-state index contributed by atoms with van der Waals surface area (Å²) in [5.41, 5.74) is 5.30. The Balaban J connectivity index is 1.45. The normalized spacial score (nSPS) is 12.3. The summed E-state index contributed by atoms with van der Waals surface area (Å²) in [5.74, 6) is 0.699. The van der Waals surface area contributed by atoms with Crippen molar-refractivity contribution in [2.45, 2.75) is 0 Å². The predicted molar refractivity (Wildman–Crippen MR) is 178 cm³/mol. The van der Waals surface area contributed by atoms with Crippen molar-refractivity contribution in [3.8, 4) is 17.2 Å². The zero-order valence-electron chi connectivity index (χ0n) is 22.4. The van der Waals surface area contributed by atoms with Crippen LogP contribution in [0.25, 0.3) is 91.6 Å². The van der Waals surface area contributed by atoms with Crippen LogP contribution in [-0.2, 0) is 0 Å². The Labute approximate surface area is 244 Å². The second-order valence-corrected chi connectivity index (χ2v) is 12.1. The minimum atomic E-state index is 0.699. The molecule has 10 rings (SSSR count). The largest absolute Gasteiger partial charge is 0.277 e. The molecule has 0 unspecified atom stereocenters. The molecule has 0 spiro atoms. The van der Waals surface area contributed by atoms with E-state index >= 15 is 0 Å². The van der Waals surface area contributed by atoms with Gasteiger partial charge in [-0.25, -0.2) is 9.97 Å². The van der Waals surface area contributed by atoms with Gasteiger partial charge >= 0.3 is 0 Å². The standard InChI is InChI=1S/C38H21N3S/c1-2-10-24(11-3-1)36-34-26-13-5-4-9-22(26)19-20-28(34)39-38(40-36)41-29-15-8-12-23-17-18-25-21-31-35(37(41)33(25)32(23)29)27-14-6-7-16-30(27)42-31/h1-21H. The molecule has 0 N–H and O–H groups in total. The first kappa shape index (κ1) is 22.4. The van der Waals surface area contributed by atoms with Gasteiger partial charge in [0.1, 0.15) is 0 Å². The Morgan fingerprint density at radius 3 is 2.19 bits per heavy atom. The summed E-state index contributed by atoms with van der Waals surface area (Å²) in [6.45, 7) is 0. The fraction of sp³-hybridized carbons (Fsp3) is 0. The summed E-state index contributed by atoms with van der Waals surface area (Å²) < 4.78 is 4.90. The molecule has 0 atom stereocenters. The van der Waals surface area contributed by atoms with Crippen molar-refractivity contribution in [3.63, 3.8) is 0 Å². The van der Waals surface area contributed by atoms with Crippen LogP contribution in [0.3, 0.4) is 0 Å². The van der Waals surface area contributed by atoms with Gasteiger partial charge in [-0.05, 0) is 45.8 Å². The van der Waals surface area contributed by atoms with Crippen LogP contribution in [0.4, 0.5) is 0 Å². The number of aromatic nitrogens is 3. The number of rotatable bonds is 2. The fourth-order valence-electron chi connectivity index (χ4n) is 6.96. The van der Waals surface area contributed by atoms with E-state index in [4.69, 9.17) is 9.97 Å². The van der Waals surface area contributed by atoms with Gasteiger partial charge < -0.3 is 0 Å². The number of thiophene rings is 1. The molecule has 0 saturated carbocycles. The summed E-state index contributed by atoms with van der Waals surface area (Å²) in [7, 11) is 0. The van der Waals surface area contributed by atoms with E-state index in [1.165, 1.54) is 58.0 Å². The van der Waals surface area contributed by atoms with Crippen LogP contribution >= 0.6 is 11.3 Å². The van der Waals surface area contributed by atoms with Crippen molar-refractivity contribution in [3.05, 3.63) is 127 Å². The van der Waals surface area contributed by atoms with E-state index in [9.17, 15) is 0 Å². The Morgan fingerprint density at radius 1 is 0.500 bits per heavy atom. The second-order valence-electron chi connectivity index (χ2n) is 11.0. The first-order valence-electron chi connectivity index (χ1n) is 14.2. The van der Waals surface area contributed by atoms with Crippen molar-refractivity contribution in [1.29, 1.82) is 0 Å². The molecule has 7 aromatic carbocycles. The van der Waals surface area contributed by atoms with E-state index < -0.39 is 0 Å². The summed E-state index contributed by atoms with van der Waals surface area (Å²) in [5, 5.41) is 11.0. The number of hydrogen-bond acceptors (Lipinski definition) is 3. The quantitative estimate of drug-likeness (QED) is 0.200. The van der Waals surface area contributed by atoms with Crippen molar-refractivity contribution in [2.75, 3.05) is 0 Å². The van der Waals surface area contributed by atoms with E-state index in [-0.39, 0.29) is 0 Å². The number of benzene rings is 7. The van der Waals surface area contributed by atoms with Crippen molar-refractivity contribution < 1.29 is 0 Å². The minimum Gasteiger partial charge on any atom is -0.277 e. The molecule has 194 valence electrons. The van der Waals surface area contributed by atoms with E-state index in [1.54, 1.807) is 0 Å². The molecule has 0 aliphatic carbocycles. The monoisotopic (exact) mass is 551 g/mol. The summed E-state index contributed by atoms with van der Waals surface area (Å²) in [6, 6.07) is 45.6. The van der Waals surface area contributed by atoms with E-state index in [2.05, 4.69) is 132 Å². The van der Waals surface area contributed by atoms with Crippen molar-refractivity contribution >= 4 is 85.8 Å². The molecule has 42 heavy (non-hydrogen) atoms. The third-order valence-corrected chi connectivity index (χ3v) is 9.84. The van der Waals surface area contributed by atoms with Crippen LogP contribution in [0.2, 0.25) is 0 Å². The van der Waals surface area contributed by atoms with Gasteiger partial charge in [-0.2, -0.15) is 0 Å². The summed E-state index contributed by atoms with van der Waals surface area (Å²) >= 11 is 1.86. The Morgan fingerprint density at radius 2 is 1.26 bits per heavy atom. The highest BCUT2D eigenvalue weighted by atomic mass is 32.1. The highest BCUT2D eigenvalue weighted by Gasteiger charge is 2.24. The maximum Gasteiger partial charge on any atom is 0.235 e. The van der Waals surface area contributed by atoms with Gasteiger partial charge in [0.2, 0.25) is 5.95 Å². The van der Waals surface area contributed by atoms with Crippen LogP contribution in [0.15, 0.2) is 127 Å². The molecule has 0 fully saturated rings. The van der Waals surface area contributed by atoms with E-state index in [0.29, 0.717) is 5.95 Å². The highest BCUT2D eigenvalue weighted by molar-refractivity contribution is 7.26. The predicted octanol–water partition coefficient (Wildman–Crippen LogP) is 10.5. The van der Waals surface area contributed by atoms with Gasteiger partial charge in [0.25, 0.3) is 0 Å². The molecule has 0 saturated heterocycles. The molecule has 0 radical (unpaired) electrons. The summed E-state index contributed by atoms with van der Waals surface area (Å²) in [6.07, 6.45) is 0. The van der Waals surface area contributed by atoms with Crippen molar-refractivity contribution in [2.24, 2.45) is 0 Å². The van der Waals surface area contributed by atoms with E-state index in [0.717, 1.165) is 27.7 Å². The Bertz CT molecular complexity index is 2680. The Kier molecular flexibility index (Phi) is 4.33. The molecule has 3 nitrogen and oxygen atoms in total. The zero-order chi connectivity index (χ0) is 27.4. The molecule has 3 aromatic heterocycles. The number of hydrogen-bond donors (Lipinski definition) is 0. The molecular formula is C38H21N3S. The maximum atomic E-state index is 5.45. The third-order valence-electron chi connectivity index (χ3n) is 8.73. The lowest BCUT2D eigenvalue weighted by atomic mass is 10.00. The smallest absolute Gasteiger partial charge is 0.235 e. The third kappa shape index (κ3) is 2.89. The van der Waals surface area contributed by atoms with Gasteiger partial charge in [-0.3, -0.25) is 4.57 Å². The van der Waals surface area contributed by atoms with Gasteiger partial charge in [-0.1, -0.05) is 103 Å². The maximum absolute atomic E-state index is 5.45. The van der Waals surface area contributed by atoms with Crippen LogP contribution in [0.5, 0.6) is 0 Å². The average molecular weight is 552 g/mol. The molecule has 3 heterocycles. The van der Waals surface area contributed by atoms with Crippen LogP contribution in [0.1, 0.15) is 0 Å². The van der Waals surface area contributed by atoms with Gasteiger partial charge in [0.05, 0.1) is 22.2 Å². The first-order valence-corrected chi connectivity index (χ1v) is 15.0. The fourth-order valence-corrected chi connectivity index (χ4v) is 8.12. The molecule has 4 heteroatoms. The lowest BCUT2D eigenvalue weighted by molar-refractivity contribution is 1.02. The SMILES string of the molecule is c1ccc(-c2nc(-n3c4cccc5ccc6cc7sc8ccccc8c7c3c6c54)nc3ccc4ccccc4c23)cc1. The van der Waals surface area contributed by atoms with Crippen LogP contribution in [0, 0.1) is 0 Å². The first-order chi connectivity index (χ1) is 20.8. The molecule has 0 aliphatic heterocycles. The summed E-state index contributed by atoms with van der Waals surface area (Å²) in [4.78, 5) is 10.8. The number of fused-ring (bicyclic) bond motifs is 7. The van der Waals surface area contributed by atoms with Gasteiger partial charge in [0.15, 0.2) is 0 Å². The highest BCUT2D eigenvalue weighted by Crippen LogP contribution is 2.47. The zero-order valence-corrected chi connectivity index (χ0v) is 23.2. The minimum absolute atomic E-state index is 0.699. The lowest BCUT2D eigenvalue weighted by Crippen LogP contribution is -2.04.